The van der Waals surface area contributed by atoms with Crippen molar-refractivity contribution < 1.29 is 14.3 Å². The molecule has 7 heteroatoms. The van der Waals surface area contributed by atoms with Gasteiger partial charge in [0.15, 0.2) is 0 Å². The van der Waals surface area contributed by atoms with E-state index in [-0.39, 0.29) is 24.4 Å². The minimum atomic E-state index is 0. The summed E-state index contributed by atoms with van der Waals surface area (Å²) in [7, 11) is 0. The second kappa shape index (κ2) is 7.91. The number of carbonyl (C=O) groups excluding carboxylic acids is 1. The summed E-state index contributed by atoms with van der Waals surface area (Å²) >= 11 is 0. The number of nitrogens with zero attached hydrogens (tertiary/aromatic N) is 2. The normalized spacial score (nSPS) is 25.6. The Hall–Kier alpha value is -0.400. The van der Waals surface area contributed by atoms with E-state index in [1.54, 1.807) is 0 Å². The van der Waals surface area contributed by atoms with Crippen molar-refractivity contribution in [3.8, 4) is 0 Å². The standard InChI is InChI=1S/C11H21N3O3.ClH/c12-7-10-8-13(1-6-17-10)9-11(15)14-2-4-16-5-3-14;/h10H,1-9,12H2;1H. The SMILES string of the molecule is Cl.NCC1CN(CC(=O)N2CCOCC2)CCO1. The van der Waals surface area contributed by atoms with Crippen molar-refractivity contribution in [1.82, 2.24) is 9.80 Å². The Balaban J connectivity index is 0.00000162. The first-order valence-corrected chi connectivity index (χ1v) is 6.19. The lowest BCUT2D eigenvalue weighted by Crippen LogP contribution is -2.51. The highest BCUT2D eigenvalue weighted by Crippen LogP contribution is 2.05. The van der Waals surface area contributed by atoms with E-state index in [1.165, 1.54) is 0 Å². The third-order valence-corrected chi connectivity index (χ3v) is 3.21. The van der Waals surface area contributed by atoms with Crippen molar-refractivity contribution >= 4 is 18.3 Å². The van der Waals surface area contributed by atoms with Gasteiger partial charge in [-0.25, -0.2) is 0 Å². The Morgan fingerprint density at radius 3 is 2.61 bits per heavy atom. The van der Waals surface area contributed by atoms with Crippen LogP contribution in [-0.4, -0.2) is 80.9 Å². The van der Waals surface area contributed by atoms with Gasteiger partial charge in [0.05, 0.1) is 32.5 Å². The minimum absolute atomic E-state index is 0. The summed E-state index contributed by atoms with van der Waals surface area (Å²) in [5.74, 6) is 0.186. The van der Waals surface area contributed by atoms with Crippen LogP contribution >= 0.6 is 12.4 Å². The van der Waals surface area contributed by atoms with Crippen LogP contribution in [0.2, 0.25) is 0 Å². The molecule has 1 unspecified atom stereocenters. The number of morpholine rings is 2. The van der Waals surface area contributed by atoms with Gasteiger partial charge in [-0.15, -0.1) is 12.4 Å². The van der Waals surface area contributed by atoms with Gasteiger partial charge in [-0.3, -0.25) is 9.69 Å². The van der Waals surface area contributed by atoms with Crippen LogP contribution in [0.25, 0.3) is 0 Å². The molecule has 0 aromatic heterocycles. The third-order valence-electron chi connectivity index (χ3n) is 3.21. The smallest absolute Gasteiger partial charge is 0.236 e. The van der Waals surface area contributed by atoms with E-state index in [9.17, 15) is 4.79 Å². The maximum absolute atomic E-state index is 12.0. The Labute approximate surface area is 114 Å². The van der Waals surface area contributed by atoms with Gasteiger partial charge in [0.25, 0.3) is 0 Å². The Morgan fingerprint density at radius 1 is 1.22 bits per heavy atom. The predicted molar refractivity (Wildman–Crippen MR) is 69.9 cm³/mol. The minimum Gasteiger partial charge on any atom is -0.378 e. The molecule has 106 valence electrons. The van der Waals surface area contributed by atoms with Crippen molar-refractivity contribution in [2.24, 2.45) is 5.73 Å². The number of rotatable bonds is 3. The summed E-state index contributed by atoms with van der Waals surface area (Å²) in [5.41, 5.74) is 5.58. The summed E-state index contributed by atoms with van der Waals surface area (Å²) in [6.45, 7) is 5.95. The van der Waals surface area contributed by atoms with E-state index in [1.807, 2.05) is 4.90 Å². The monoisotopic (exact) mass is 279 g/mol. The fraction of sp³-hybridized carbons (Fsp3) is 0.909. The highest BCUT2D eigenvalue weighted by molar-refractivity contribution is 5.85. The zero-order chi connectivity index (χ0) is 12.1. The number of ether oxygens (including phenoxy) is 2. The topological polar surface area (TPSA) is 68.0 Å². The molecule has 1 atom stereocenters. The van der Waals surface area contributed by atoms with E-state index in [2.05, 4.69) is 4.90 Å². The fourth-order valence-electron chi connectivity index (χ4n) is 2.17. The summed E-state index contributed by atoms with van der Waals surface area (Å²) in [5, 5.41) is 0. The first-order valence-electron chi connectivity index (χ1n) is 6.19. The first kappa shape index (κ1) is 15.7. The van der Waals surface area contributed by atoms with Crippen LogP contribution in [0.15, 0.2) is 0 Å². The summed E-state index contributed by atoms with van der Waals surface area (Å²) in [6.07, 6.45) is 0.0706. The van der Waals surface area contributed by atoms with Crippen molar-refractivity contribution in [3.05, 3.63) is 0 Å². The predicted octanol–water partition coefficient (Wildman–Crippen LogP) is -1.07. The van der Waals surface area contributed by atoms with Crippen LogP contribution in [0.5, 0.6) is 0 Å². The Bertz CT molecular complexity index is 262. The van der Waals surface area contributed by atoms with Crippen LogP contribution in [-0.2, 0) is 14.3 Å². The average Bonchev–Trinajstić information content (AvgIpc) is 2.40. The molecule has 2 rings (SSSR count). The molecule has 0 bridgehead atoms. The molecule has 0 aromatic carbocycles. The van der Waals surface area contributed by atoms with Crippen molar-refractivity contribution in [2.75, 3.05) is 59.1 Å². The summed E-state index contributed by atoms with van der Waals surface area (Å²) in [4.78, 5) is 16.0. The van der Waals surface area contributed by atoms with E-state index in [0.29, 0.717) is 46.0 Å². The van der Waals surface area contributed by atoms with Gasteiger partial charge in [0.1, 0.15) is 0 Å². The molecule has 2 fully saturated rings. The van der Waals surface area contributed by atoms with Crippen LogP contribution in [0.4, 0.5) is 0 Å². The van der Waals surface area contributed by atoms with Gasteiger partial charge in [0, 0.05) is 32.7 Å². The molecule has 2 saturated heterocycles. The molecule has 2 N–H and O–H groups in total. The van der Waals surface area contributed by atoms with Gasteiger partial charge >= 0.3 is 0 Å². The largest absolute Gasteiger partial charge is 0.378 e. The van der Waals surface area contributed by atoms with E-state index < -0.39 is 0 Å². The van der Waals surface area contributed by atoms with Crippen molar-refractivity contribution in [3.63, 3.8) is 0 Å². The second-order valence-electron chi connectivity index (χ2n) is 4.46. The molecule has 6 nitrogen and oxygen atoms in total. The van der Waals surface area contributed by atoms with E-state index in [0.717, 1.165) is 13.1 Å². The number of amides is 1. The molecule has 0 aliphatic carbocycles. The van der Waals surface area contributed by atoms with Crippen LogP contribution < -0.4 is 5.73 Å². The van der Waals surface area contributed by atoms with Crippen LogP contribution in [0.3, 0.4) is 0 Å². The molecule has 1 amide bonds. The molecule has 0 radical (unpaired) electrons. The summed E-state index contributed by atoms with van der Waals surface area (Å²) < 4.78 is 10.7. The number of halogens is 1. The molecular formula is C11H22ClN3O3. The lowest BCUT2D eigenvalue weighted by molar-refractivity contribution is -0.138. The van der Waals surface area contributed by atoms with Gasteiger partial charge < -0.3 is 20.1 Å². The fourth-order valence-corrected chi connectivity index (χ4v) is 2.17. The highest BCUT2D eigenvalue weighted by Gasteiger charge is 2.24. The maximum atomic E-state index is 12.0. The van der Waals surface area contributed by atoms with Crippen LogP contribution in [0, 0.1) is 0 Å². The van der Waals surface area contributed by atoms with E-state index >= 15 is 0 Å². The molecule has 18 heavy (non-hydrogen) atoms. The maximum Gasteiger partial charge on any atom is 0.236 e. The van der Waals surface area contributed by atoms with Gasteiger partial charge in [-0.05, 0) is 0 Å². The van der Waals surface area contributed by atoms with E-state index in [4.69, 9.17) is 15.2 Å². The quantitative estimate of drug-likeness (QED) is 0.712. The number of nitrogens with two attached hydrogens (primary N) is 1. The van der Waals surface area contributed by atoms with Gasteiger partial charge in [0.2, 0.25) is 5.91 Å². The van der Waals surface area contributed by atoms with Gasteiger partial charge in [-0.1, -0.05) is 0 Å². The highest BCUT2D eigenvalue weighted by atomic mass is 35.5. The number of hydrogen-bond donors (Lipinski definition) is 1. The third kappa shape index (κ3) is 4.37. The van der Waals surface area contributed by atoms with Crippen LogP contribution in [0.1, 0.15) is 0 Å². The second-order valence-corrected chi connectivity index (χ2v) is 4.46. The number of hydrogen-bond acceptors (Lipinski definition) is 5. The number of carbonyl (C=O) groups is 1. The molecular weight excluding hydrogens is 258 g/mol. The molecule has 0 spiro atoms. The zero-order valence-corrected chi connectivity index (χ0v) is 11.4. The molecule has 2 heterocycles. The molecule has 2 aliphatic heterocycles. The average molecular weight is 280 g/mol. The Kier molecular flexibility index (Phi) is 6.88. The molecule has 0 saturated carbocycles. The lowest BCUT2D eigenvalue weighted by atomic mass is 10.2. The summed E-state index contributed by atoms with van der Waals surface area (Å²) in [6, 6.07) is 0. The zero-order valence-electron chi connectivity index (χ0n) is 10.5. The first-order chi connectivity index (χ1) is 8.29. The lowest BCUT2D eigenvalue weighted by Gasteiger charge is -2.34. The van der Waals surface area contributed by atoms with Crippen molar-refractivity contribution in [1.29, 1.82) is 0 Å². The Morgan fingerprint density at radius 2 is 1.94 bits per heavy atom. The van der Waals surface area contributed by atoms with Gasteiger partial charge in [-0.2, -0.15) is 0 Å². The van der Waals surface area contributed by atoms with Crippen molar-refractivity contribution in [2.45, 2.75) is 6.10 Å². The molecule has 2 aliphatic rings. The molecule has 0 aromatic rings.